The van der Waals surface area contributed by atoms with Crippen molar-refractivity contribution in [2.75, 3.05) is 0 Å². The molecule has 0 saturated heterocycles. The van der Waals surface area contributed by atoms with E-state index in [0.717, 1.165) is 23.1 Å². The first-order valence-corrected chi connectivity index (χ1v) is 9.15. The van der Waals surface area contributed by atoms with Crippen LogP contribution in [0.2, 0.25) is 0 Å². The Morgan fingerprint density at radius 1 is 0.867 bits per heavy atom. The van der Waals surface area contributed by atoms with Gasteiger partial charge in [-0.3, -0.25) is 4.79 Å². The molecular formula is C23H21ClF3NO2. The number of carbonyl (C=O) groups excluding carboxylic acids is 1. The number of rotatable bonds is 7. The lowest BCUT2D eigenvalue weighted by Gasteiger charge is -2.13. The molecule has 0 atom stereocenters. The Bertz CT molecular complexity index is 988. The maximum Gasteiger partial charge on any atom is 0.573 e. The highest BCUT2D eigenvalue weighted by Crippen LogP contribution is 2.27. The van der Waals surface area contributed by atoms with E-state index >= 15 is 0 Å². The van der Waals surface area contributed by atoms with E-state index < -0.39 is 12.3 Å². The number of aryl methyl sites for hydroxylation is 2. The molecule has 0 saturated carbocycles. The number of nitrogens with two attached hydrogens (primary N) is 1. The molecule has 3 aromatic carbocycles. The summed E-state index contributed by atoms with van der Waals surface area (Å²) in [5.41, 5.74) is 9.24. The second-order valence-corrected chi connectivity index (χ2v) is 6.65. The van der Waals surface area contributed by atoms with Gasteiger partial charge in [-0.05, 0) is 59.7 Å². The lowest BCUT2D eigenvalue weighted by molar-refractivity contribution is -0.274. The predicted molar refractivity (Wildman–Crippen MR) is 113 cm³/mol. The number of para-hydroxylation sites is 1. The first-order valence-electron chi connectivity index (χ1n) is 9.15. The van der Waals surface area contributed by atoms with Crippen LogP contribution < -0.4 is 10.5 Å². The third-order valence-corrected chi connectivity index (χ3v) is 4.54. The smallest absolute Gasteiger partial charge is 0.406 e. The lowest BCUT2D eigenvalue weighted by atomic mass is 9.99. The number of primary amides is 1. The fourth-order valence-electron chi connectivity index (χ4n) is 3.13. The molecule has 2 N–H and O–H groups in total. The molecule has 0 fully saturated rings. The molecule has 0 aliphatic rings. The van der Waals surface area contributed by atoms with Crippen LogP contribution in [-0.4, -0.2) is 12.3 Å². The monoisotopic (exact) mass is 435 g/mol. The molecule has 3 rings (SSSR count). The van der Waals surface area contributed by atoms with Crippen molar-refractivity contribution in [1.29, 1.82) is 0 Å². The van der Waals surface area contributed by atoms with Crippen molar-refractivity contribution >= 4 is 18.3 Å². The number of ether oxygens (including phenoxy) is 1. The summed E-state index contributed by atoms with van der Waals surface area (Å²) in [5, 5.41) is 0. The molecule has 1 amide bonds. The van der Waals surface area contributed by atoms with Gasteiger partial charge in [-0.1, -0.05) is 54.6 Å². The first-order chi connectivity index (χ1) is 13.8. The van der Waals surface area contributed by atoms with Crippen molar-refractivity contribution in [2.45, 2.75) is 25.6 Å². The Kier molecular flexibility index (Phi) is 7.89. The zero-order valence-electron chi connectivity index (χ0n) is 16.0. The summed E-state index contributed by atoms with van der Waals surface area (Å²) in [6.45, 7) is 0. The number of amides is 1. The quantitative estimate of drug-likeness (QED) is 0.498. The van der Waals surface area contributed by atoms with E-state index in [9.17, 15) is 18.0 Å². The van der Waals surface area contributed by atoms with Gasteiger partial charge in [0.2, 0.25) is 5.91 Å². The SMILES string of the molecule is Cl.NC(=O)c1cccc(-c2ccc(CCCc3ccccc3OC(F)(F)F)cc2)c1. The van der Waals surface area contributed by atoms with Crippen molar-refractivity contribution in [3.05, 3.63) is 89.5 Å². The molecule has 3 nitrogen and oxygen atoms in total. The molecule has 0 spiro atoms. The molecule has 0 radical (unpaired) electrons. The third-order valence-electron chi connectivity index (χ3n) is 4.54. The van der Waals surface area contributed by atoms with Gasteiger partial charge in [-0.25, -0.2) is 0 Å². The average molecular weight is 436 g/mol. The van der Waals surface area contributed by atoms with Crippen molar-refractivity contribution in [2.24, 2.45) is 5.73 Å². The van der Waals surface area contributed by atoms with Crippen molar-refractivity contribution in [1.82, 2.24) is 0 Å². The number of halogens is 4. The van der Waals surface area contributed by atoms with E-state index in [1.54, 1.807) is 30.3 Å². The fourth-order valence-corrected chi connectivity index (χ4v) is 3.13. The largest absolute Gasteiger partial charge is 0.573 e. The molecule has 0 bridgehead atoms. The Morgan fingerprint density at radius 3 is 2.23 bits per heavy atom. The highest BCUT2D eigenvalue weighted by Gasteiger charge is 2.31. The Labute approximate surface area is 179 Å². The normalized spacial score (nSPS) is 10.9. The summed E-state index contributed by atoms with van der Waals surface area (Å²) in [6, 6.07) is 21.2. The zero-order chi connectivity index (χ0) is 20.9. The minimum absolute atomic E-state index is 0. The van der Waals surface area contributed by atoms with Crippen LogP contribution in [-0.2, 0) is 12.8 Å². The average Bonchev–Trinajstić information content (AvgIpc) is 2.69. The highest BCUT2D eigenvalue weighted by molar-refractivity contribution is 5.94. The molecule has 3 aromatic rings. The van der Waals surface area contributed by atoms with Gasteiger partial charge in [0, 0.05) is 5.56 Å². The number of hydrogen-bond donors (Lipinski definition) is 1. The molecule has 0 aliphatic carbocycles. The van der Waals surface area contributed by atoms with Crippen molar-refractivity contribution in [3.63, 3.8) is 0 Å². The molecule has 0 aliphatic heterocycles. The second-order valence-electron chi connectivity index (χ2n) is 6.65. The minimum atomic E-state index is -4.70. The van der Waals surface area contributed by atoms with Gasteiger partial charge >= 0.3 is 6.36 Å². The molecule has 158 valence electrons. The summed E-state index contributed by atoms with van der Waals surface area (Å²) in [5.74, 6) is -0.622. The summed E-state index contributed by atoms with van der Waals surface area (Å²) >= 11 is 0. The Morgan fingerprint density at radius 2 is 1.57 bits per heavy atom. The summed E-state index contributed by atoms with van der Waals surface area (Å²) in [4.78, 5) is 11.3. The molecule has 30 heavy (non-hydrogen) atoms. The van der Waals surface area contributed by atoms with Gasteiger partial charge < -0.3 is 10.5 Å². The Hall–Kier alpha value is -2.99. The predicted octanol–water partition coefficient (Wildman–Crippen LogP) is 5.95. The van der Waals surface area contributed by atoms with Gasteiger partial charge in [0.1, 0.15) is 5.75 Å². The maximum absolute atomic E-state index is 12.5. The van der Waals surface area contributed by atoms with Crippen LogP contribution in [0.1, 0.15) is 27.9 Å². The molecule has 0 unspecified atom stereocenters. The third kappa shape index (κ3) is 6.52. The van der Waals surface area contributed by atoms with Crippen LogP contribution >= 0.6 is 12.4 Å². The lowest BCUT2D eigenvalue weighted by Crippen LogP contribution is -2.18. The van der Waals surface area contributed by atoms with E-state index in [4.69, 9.17) is 5.73 Å². The summed E-state index contributed by atoms with van der Waals surface area (Å²) in [6.07, 6.45) is -2.80. The van der Waals surface area contributed by atoms with E-state index in [0.29, 0.717) is 24.0 Å². The van der Waals surface area contributed by atoms with Gasteiger partial charge in [-0.2, -0.15) is 0 Å². The topological polar surface area (TPSA) is 52.3 Å². The first kappa shape index (κ1) is 23.3. The van der Waals surface area contributed by atoms with Gasteiger partial charge in [0.05, 0.1) is 0 Å². The Balaban J connectivity index is 0.00000320. The molecule has 0 aromatic heterocycles. The van der Waals surface area contributed by atoms with Crippen LogP contribution in [0.25, 0.3) is 11.1 Å². The molecule has 7 heteroatoms. The fraction of sp³-hybridized carbons (Fsp3) is 0.174. The minimum Gasteiger partial charge on any atom is -0.406 e. The van der Waals surface area contributed by atoms with Crippen LogP contribution in [0, 0.1) is 0 Å². The van der Waals surface area contributed by atoms with E-state index in [-0.39, 0.29) is 18.2 Å². The maximum atomic E-state index is 12.5. The van der Waals surface area contributed by atoms with E-state index in [1.165, 1.54) is 12.1 Å². The standard InChI is InChI=1S/C23H20F3NO2.ClH/c24-23(25,26)29-21-10-2-1-6-18(21)7-3-5-16-11-13-17(14-12-16)19-8-4-9-20(15-19)22(27)28;/h1-2,4,6,8-15H,3,5,7H2,(H2,27,28);1H. The van der Waals surface area contributed by atoms with Crippen molar-refractivity contribution < 1.29 is 22.7 Å². The highest BCUT2D eigenvalue weighted by atomic mass is 35.5. The van der Waals surface area contributed by atoms with Gasteiger partial charge in [0.25, 0.3) is 0 Å². The number of alkyl halides is 3. The second kappa shape index (κ2) is 10.2. The van der Waals surface area contributed by atoms with Gasteiger partial charge in [-0.15, -0.1) is 25.6 Å². The van der Waals surface area contributed by atoms with E-state index in [2.05, 4.69) is 4.74 Å². The van der Waals surface area contributed by atoms with Crippen LogP contribution in [0.15, 0.2) is 72.8 Å². The van der Waals surface area contributed by atoms with E-state index in [1.807, 2.05) is 30.3 Å². The summed E-state index contributed by atoms with van der Waals surface area (Å²) < 4.78 is 41.6. The molecule has 0 heterocycles. The summed E-state index contributed by atoms with van der Waals surface area (Å²) in [7, 11) is 0. The van der Waals surface area contributed by atoms with Crippen LogP contribution in [0.5, 0.6) is 5.75 Å². The number of hydrogen-bond acceptors (Lipinski definition) is 2. The van der Waals surface area contributed by atoms with Crippen LogP contribution in [0.3, 0.4) is 0 Å². The molecular weight excluding hydrogens is 415 g/mol. The number of benzene rings is 3. The van der Waals surface area contributed by atoms with Gasteiger partial charge in [0.15, 0.2) is 0 Å². The number of carbonyl (C=O) groups is 1. The zero-order valence-corrected chi connectivity index (χ0v) is 16.8. The van der Waals surface area contributed by atoms with Crippen LogP contribution in [0.4, 0.5) is 13.2 Å². The van der Waals surface area contributed by atoms with Crippen molar-refractivity contribution in [3.8, 4) is 16.9 Å².